The standard InChI is InChI=1S/C19H27NO5S/c1-13(25-16(22)18(3,4)5)19(17(23)24-6,20-14(2)21)26-12-15-10-8-7-9-11-15/h7-11,13H,12H2,1-6H3,(H,20,21)/t13-,19+/m0/s1. The fourth-order valence-corrected chi connectivity index (χ4v) is 3.42. The predicted molar refractivity (Wildman–Crippen MR) is 101 cm³/mol. The molecule has 0 aliphatic rings. The number of esters is 2. The highest BCUT2D eigenvalue weighted by molar-refractivity contribution is 8.00. The van der Waals surface area contributed by atoms with Gasteiger partial charge in [0.1, 0.15) is 6.10 Å². The molecule has 0 spiro atoms. The van der Waals surface area contributed by atoms with Crippen molar-refractivity contribution < 1.29 is 23.9 Å². The molecule has 1 N–H and O–H groups in total. The molecule has 0 unspecified atom stereocenters. The van der Waals surface area contributed by atoms with E-state index < -0.39 is 34.2 Å². The van der Waals surface area contributed by atoms with Crippen molar-refractivity contribution in [2.75, 3.05) is 7.11 Å². The smallest absolute Gasteiger partial charge is 0.346 e. The molecule has 144 valence electrons. The second-order valence-corrected chi connectivity index (χ2v) is 8.20. The summed E-state index contributed by atoms with van der Waals surface area (Å²) in [5.74, 6) is -1.14. The summed E-state index contributed by atoms with van der Waals surface area (Å²) in [5.41, 5.74) is 0.224. The zero-order valence-corrected chi connectivity index (χ0v) is 16.9. The first-order chi connectivity index (χ1) is 12.0. The van der Waals surface area contributed by atoms with E-state index in [0.717, 1.165) is 17.3 Å². The number of hydrogen-bond donors (Lipinski definition) is 1. The molecule has 7 heteroatoms. The van der Waals surface area contributed by atoms with E-state index in [1.54, 1.807) is 27.7 Å². The number of thioether (sulfide) groups is 1. The zero-order chi connectivity index (χ0) is 20.0. The SMILES string of the molecule is COC(=O)[C@](NC(C)=O)(SCc1ccccc1)[C@H](C)OC(=O)C(C)(C)C. The van der Waals surface area contributed by atoms with Crippen LogP contribution in [0.5, 0.6) is 0 Å². The average Bonchev–Trinajstić information content (AvgIpc) is 2.57. The normalized spacial score (nSPS) is 14.7. The van der Waals surface area contributed by atoms with Crippen LogP contribution in [0.1, 0.15) is 40.2 Å². The molecule has 0 fully saturated rings. The zero-order valence-electron chi connectivity index (χ0n) is 16.1. The summed E-state index contributed by atoms with van der Waals surface area (Å²) in [5, 5.41) is 2.64. The minimum atomic E-state index is -1.54. The maximum Gasteiger partial charge on any atom is 0.346 e. The molecule has 1 aromatic carbocycles. The van der Waals surface area contributed by atoms with Gasteiger partial charge >= 0.3 is 11.9 Å². The maximum absolute atomic E-state index is 12.6. The summed E-state index contributed by atoms with van der Waals surface area (Å²) < 4.78 is 10.4. The highest BCUT2D eigenvalue weighted by Crippen LogP contribution is 2.34. The quantitative estimate of drug-likeness (QED) is 0.578. The van der Waals surface area contributed by atoms with Crippen LogP contribution in [0.15, 0.2) is 30.3 Å². The van der Waals surface area contributed by atoms with E-state index in [9.17, 15) is 14.4 Å². The first-order valence-corrected chi connectivity index (χ1v) is 9.27. The Morgan fingerprint density at radius 1 is 1.12 bits per heavy atom. The lowest BCUT2D eigenvalue weighted by Gasteiger charge is -2.36. The highest BCUT2D eigenvalue weighted by atomic mass is 32.2. The first-order valence-electron chi connectivity index (χ1n) is 8.29. The molecule has 0 heterocycles. The largest absolute Gasteiger partial charge is 0.467 e. The van der Waals surface area contributed by atoms with Gasteiger partial charge in [-0.25, -0.2) is 4.79 Å². The van der Waals surface area contributed by atoms with E-state index in [-0.39, 0.29) is 0 Å². The van der Waals surface area contributed by atoms with Crippen molar-refractivity contribution in [3.63, 3.8) is 0 Å². The van der Waals surface area contributed by atoms with Gasteiger partial charge in [0.05, 0.1) is 12.5 Å². The van der Waals surface area contributed by atoms with Crippen molar-refractivity contribution in [1.82, 2.24) is 5.32 Å². The van der Waals surface area contributed by atoms with Crippen LogP contribution in [0, 0.1) is 5.41 Å². The summed E-state index contributed by atoms with van der Waals surface area (Å²) in [6.45, 7) is 8.04. The van der Waals surface area contributed by atoms with Crippen LogP contribution >= 0.6 is 11.8 Å². The Balaban J connectivity index is 3.17. The van der Waals surface area contributed by atoms with Gasteiger partial charge in [0.25, 0.3) is 0 Å². The molecule has 26 heavy (non-hydrogen) atoms. The lowest BCUT2D eigenvalue weighted by Crippen LogP contribution is -2.60. The van der Waals surface area contributed by atoms with Crippen LogP contribution in [-0.4, -0.2) is 35.9 Å². The predicted octanol–water partition coefficient (Wildman–Crippen LogP) is 2.90. The Kier molecular flexibility index (Phi) is 7.68. The topological polar surface area (TPSA) is 81.7 Å². The number of ether oxygens (including phenoxy) is 2. The third-order valence-corrected chi connectivity index (χ3v) is 5.16. The van der Waals surface area contributed by atoms with Crippen LogP contribution in [0.25, 0.3) is 0 Å². The van der Waals surface area contributed by atoms with Gasteiger partial charge in [0.15, 0.2) is 0 Å². The summed E-state index contributed by atoms with van der Waals surface area (Å²) in [6, 6.07) is 9.49. The molecule has 0 aliphatic carbocycles. The highest BCUT2D eigenvalue weighted by Gasteiger charge is 2.49. The third kappa shape index (κ3) is 5.76. The Hall–Kier alpha value is -2.02. The van der Waals surface area contributed by atoms with E-state index in [4.69, 9.17) is 9.47 Å². The van der Waals surface area contributed by atoms with Crippen molar-refractivity contribution in [3.8, 4) is 0 Å². The molecule has 1 aromatic rings. The van der Waals surface area contributed by atoms with Crippen LogP contribution in [-0.2, 0) is 29.6 Å². The number of methoxy groups -OCH3 is 1. The van der Waals surface area contributed by atoms with Gasteiger partial charge in [-0.15, -0.1) is 11.8 Å². The Labute approximate surface area is 159 Å². The third-order valence-electron chi connectivity index (χ3n) is 3.63. The van der Waals surface area contributed by atoms with Crippen molar-refractivity contribution >= 4 is 29.6 Å². The van der Waals surface area contributed by atoms with Crippen LogP contribution in [0.2, 0.25) is 0 Å². The Morgan fingerprint density at radius 2 is 1.69 bits per heavy atom. The van der Waals surface area contributed by atoms with E-state index >= 15 is 0 Å². The molecule has 1 rings (SSSR count). The maximum atomic E-state index is 12.6. The number of benzene rings is 1. The molecular weight excluding hydrogens is 354 g/mol. The fourth-order valence-electron chi connectivity index (χ4n) is 2.14. The lowest BCUT2D eigenvalue weighted by atomic mass is 9.97. The van der Waals surface area contributed by atoms with Crippen LogP contribution in [0.3, 0.4) is 0 Å². The first kappa shape index (κ1) is 22.0. The van der Waals surface area contributed by atoms with Crippen molar-refractivity contribution in [2.24, 2.45) is 5.41 Å². The average molecular weight is 381 g/mol. The van der Waals surface area contributed by atoms with Gasteiger partial charge in [0, 0.05) is 12.7 Å². The van der Waals surface area contributed by atoms with E-state index in [0.29, 0.717) is 5.75 Å². The Bertz CT molecular complexity index is 641. The molecular formula is C19H27NO5S. The van der Waals surface area contributed by atoms with Gasteiger partial charge in [0.2, 0.25) is 10.8 Å². The Morgan fingerprint density at radius 3 is 2.15 bits per heavy atom. The van der Waals surface area contributed by atoms with E-state index in [1.165, 1.54) is 14.0 Å². The lowest BCUT2D eigenvalue weighted by molar-refractivity contribution is -0.165. The van der Waals surface area contributed by atoms with Crippen molar-refractivity contribution in [2.45, 2.75) is 51.3 Å². The fraction of sp³-hybridized carbons (Fsp3) is 0.526. The number of carbonyl (C=O) groups is 3. The molecule has 1 amide bonds. The summed E-state index contributed by atoms with van der Waals surface area (Å²) in [7, 11) is 1.24. The summed E-state index contributed by atoms with van der Waals surface area (Å²) >= 11 is 1.16. The molecule has 2 atom stereocenters. The minimum Gasteiger partial charge on any atom is -0.467 e. The number of nitrogens with one attached hydrogen (secondary N) is 1. The van der Waals surface area contributed by atoms with Crippen LogP contribution < -0.4 is 5.32 Å². The molecule has 0 saturated carbocycles. The monoisotopic (exact) mass is 381 g/mol. The second-order valence-electron chi connectivity index (χ2n) is 6.98. The van der Waals surface area contributed by atoms with Gasteiger partial charge in [-0.05, 0) is 33.3 Å². The van der Waals surface area contributed by atoms with Gasteiger partial charge < -0.3 is 14.8 Å². The van der Waals surface area contributed by atoms with Gasteiger partial charge in [-0.3, -0.25) is 9.59 Å². The molecule has 0 saturated heterocycles. The minimum absolute atomic E-state index is 0.422. The molecule has 0 aromatic heterocycles. The molecule has 0 radical (unpaired) electrons. The number of hydrogen-bond acceptors (Lipinski definition) is 6. The van der Waals surface area contributed by atoms with Gasteiger partial charge in [-0.2, -0.15) is 0 Å². The van der Waals surface area contributed by atoms with E-state index in [1.807, 2.05) is 30.3 Å². The van der Waals surface area contributed by atoms with Gasteiger partial charge in [-0.1, -0.05) is 30.3 Å². The number of carbonyl (C=O) groups excluding carboxylic acids is 3. The molecule has 0 aliphatic heterocycles. The molecule has 0 bridgehead atoms. The number of amides is 1. The molecule has 6 nitrogen and oxygen atoms in total. The van der Waals surface area contributed by atoms with E-state index in [2.05, 4.69) is 5.32 Å². The van der Waals surface area contributed by atoms with Crippen molar-refractivity contribution in [3.05, 3.63) is 35.9 Å². The van der Waals surface area contributed by atoms with Crippen molar-refractivity contribution in [1.29, 1.82) is 0 Å². The summed E-state index contributed by atoms with van der Waals surface area (Å²) in [4.78, 5) is 35.2. The summed E-state index contributed by atoms with van der Waals surface area (Å²) in [6.07, 6.45) is -0.931. The van der Waals surface area contributed by atoms with Crippen LogP contribution in [0.4, 0.5) is 0 Å². The number of rotatable bonds is 7. The second kappa shape index (κ2) is 9.07.